The van der Waals surface area contributed by atoms with Crippen LogP contribution in [0, 0.1) is 17.7 Å². The first-order chi connectivity index (χ1) is 16.0. The second-order valence-corrected chi connectivity index (χ2v) is 10.1. The number of nitrogens with two attached hydrogens (primary N) is 1. The molecule has 186 valence electrons. The fraction of sp³-hybridized carbons (Fsp3) is 0.542. The highest BCUT2D eigenvalue weighted by Crippen LogP contribution is 2.31. The van der Waals surface area contributed by atoms with Crippen LogP contribution in [0.25, 0.3) is 0 Å². The Bertz CT molecular complexity index is 1140. The number of rotatable bonds is 10. The van der Waals surface area contributed by atoms with Crippen molar-refractivity contribution in [1.29, 1.82) is 0 Å². The van der Waals surface area contributed by atoms with Crippen molar-refractivity contribution in [2.24, 2.45) is 11.8 Å². The van der Waals surface area contributed by atoms with E-state index in [9.17, 15) is 18.8 Å². The highest BCUT2D eigenvalue weighted by Gasteiger charge is 2.34. The average Bonchev–Trinajstić information content (AvgIpc) is 3.57. The number of aromatic nitrogens is 2. The number of anilines is 2. The van der Waals surface area contributed by atoms with Gasteiger partial charge >= 0.3 is 5.69 Å². The molecule has 1 saturated carbocycles. The minimum Gasteiger partial charge on any atom is -0.383 e. The van der Waals surface area contributed by atoms with Crippen molar-refractivity contribution >= 4 is 29.0 Å². The van der Waals surface area contributed by atoms with Crippen LogP contribution in [0.3, 0.4) is 0 Å². The third-order valence-electron chi connectivity index (χ3n) is 5.71. The summed E-state index contributed by atoms with van der Waals surface area (Å²) in [7, 11) is 0. The van der Waals surface area contributed by atoms with Gasteiger partial charge in [0.15, 0.2) is 5.69 Å². The number of amides is 1. The van der Waals surface area contributed by atoms with Gasteiger partial charge in [-0.15, -0.1) is 0 Å². The number of carbonyl (C=O) groups is 1. The van der Waals surface area contributed by atoms with E-state index in [1.165, 1.54) is 15.5 Å². The van der Waals surface area contributed by atoms with Gasteiger partial charge in [0.05, 0.1) is 6.54 Å². The zero-order valence-corrected chi connectivity index (χ0v) is 20.9. The summed E-state index contributed by atoms with van der Waals surface area (Å²) in [5.41, 5.74) is 5.28. The molecule has 1 aliphatic rings. The molecule has 34 heavy (non-hydrogen) atoms. The Morgan fingerprint density at radius 2 is 1.91 bits per heavy atom. The molecular weight excluding hydrogens is 461 g/mol. The van der Waals surface area contributed by atoms with Gasteiger partial charge in [-0.25, -0.2) is 9.18 Å². The quantitative estimate of drug-likeness (QED) is 0.528. The molecule has 0 radical (unpaired) electrons. The summed E-state index contributed by atoms with van der Waals surface area (Å²) in [5, 5.41) is 0.304. The van der Waals surface area contributed by atoms with Crippen LogP contribution in [0.4, 0.5) is 15.9 Å². The van der Waals surface area contributed by atoms with Crippen molar-refractivity contribution in [2.45, 2.75) is 59.7 Å². The SMILES string of the molecule is CC(C)CN(C(=O)CN(Cc1c(F)cccc1Cl)C1CC1)c1c(N)n(CC(C)C)c(=O)[nH]c1=O. The van der Waals surface area contributed by atoms with Crippen molar-refractivity contribution in [1.82, 2.24) is 14.5 Å². The van der Waals surface area contributed by atoms with Crippen LogP contribution in [0.2, 0.25) is 5.02 Å². The molecule has 0 bridgehead atoms. The molecule has 0 saturated heterocycles. The number of carbonyl (C=O) groups excluding carboxylic acids is 1. The third kappa shape index (κ3) is 6.07. The molecular formula is C24H33ClFN5O3. The van der Waals surface area contributed by atoms with E-state index < -0.39 is 17.1 Å². The Morgan fingerprint density at radius 3 is 2.47 bits per heavy atom. The molecule has 8 nitrogen and oxygen atoms in total. The Balaban J connectivity index is 1.96. The van der Waals surface area contributed by atoms with E-state index in [4.69, 9.17) is 17.3 Å². The van der Waals surface area contributed by atoms with Crippen LogP contribution in [-0.4, -0.2) is 39.5 Å². The monoisotopic (exact) mass is 493 g/mol. The third-order valence-corrected chi connectivity index (χ3v) is 6.06. The fourth-order valence-corrected chi connectivity index (χ4v) is 4.19. The normalized spacial score (nSPS) is 13.8. The van der Waals surface area contributed by atoms with Crippen molar-refractivity contribution in [3.8, 4) is 0 Å². The number of halogens is 2. The molecule has 1 fully saturated rings. The van der Waals surface area contributed by atoms with E-state index in [1.54, 1.807) is 12.1 Å². The zero-order chi connectivity index (χ0) is 25.2. The molecule has 10 heteroatoms. The largest absolute Gasteiger partial charge is 0.383 e. The van der Waals surface area contributed by atoms with Crippen LogP contribution in [0.1, 0.15) is 46.1 Å². The van der Waals surface area contributed by atoms with Crippen molar-refractivity contribution in [3.63, 3.8) is 0 Å². The first kappa shape index (κ1) is 26.0. The lowest BCUT2D eigenvalue weighted by Crippen LogP contribution is -2.47. The molecule has 0 unspecified atom stereocenters. The van der Waals surface area contributed by atoms with E-state index in [2.05, 4.69) is 4.98 Å². The summed E-state index contributed by atoms with van der Waals surface area (Å²) in [4.78, 5) is 44.3. The Morgan fingerprint density at radius 1 is 1.24 bits per heavy atom. The van der Waals surface area contributed by atoms with E-state index in [1.807, 2.05) is 32.6 Å². The number of aromatic amines is 1. The fourth-order valence-electron chi connectivity index (χ4n) is 3.97. The standard InChI is InChI=1S/C24H33ClFN5O3/c1-14(2)10-30(21-22(27)31(11-15(3)4)24(34)28-23(21)33)20(32)13-29(16-8-9-16)12-17-18(25)6-5-7-19(17)26/h5-7,14-16H,8-13,27H2,1-4H3,(H,28,33,34). The molecule has 0 atom stereocenters. The molecule has 1 aromatic carbocycles. The van der Waals surface area contributed by atoms with Gasteiger partial charge in [0.25, 0.3) is 5.56 Å². The maximum Gasteiger partial charge on any atom is 0.330 e. The zero-order valence-electron chi connectivity index (χ0n) is 20.1. The van der Waals surface area contributed by atoms with Gasteiger partial charge in [0, 0.05) is 36.3 Å². The maximum absolute atomic E-state index is 14.4. The highest BCUT2D eigenvalue weighted by molar-refractivity contribution is 6.31. The minimum absolute atomic E-state index is 0.0291. The smallest absolute Gasteiger partial charge is 0.330 e. The Labute approximate surface area is 203 Å². The number of hydrogen-bond acceptors (Lipinski definition) is 5. The van der Waals surface area contributed by atoms with E-state index in [0.717, 1.165) is 12.8 Å². The van der Waals surface area contributed by atoms with Crippen LogP contribution in [-0.2, 0) is 17.9 Å². The first-order valence-corrected chi connectivity index (χ1v) is 12.0. The van der Waals surface area contributed by atoms with Gasteiger partial charge in [-0.2, -0.15) is 0 Å². The molecule has 2 aromatic rings. The van der Waals surface area contributed by atoms with E-state index >= 15 is 0 Å². The number of H-pyrrole nitrogens is 1. The van der Waals surface area contributed by atoms with Gasteiger partial charge in [0.1, 0.15) is 11.6 Å². The topological polar surface area (TPSA) is 104 Å². The van der Waals surface area contributed by atoms with Gasteiger partial charge in [-0.1, -0.05) is 45.4 Å². The predicted molar refractivity (Wildman–Crippen MR) is 133 cm³/mol. The minimum atomic E-state index is -0.702. The summed E-state index contributed by atoms with van der Waals surface area (Å²) in [6, 6.07) is 4.64. The van der Waals surface area contributed by atoms with Crippen LogP contribution in [0.5, 0.6) is 0 Å². The lowest BCUT2D eigenvalue weighted by molar-refractivity contribution is -0.120. The second kappa shape index (κ2) is 10.7. The molecule has 1 amide bonds. The van der Waals surface area contributed by atoms with Crippen molar-refractivity contribution < 1.29 is 9.18 Å². The summed E-state index contributed by atoms with van der Waals surface area (Å²) in [6.07, 6.45) is 1.79. The molecule has 1 aliphatic carbocycles. The number of benzene rings is 1. The second-order valence-electron chi connectivity index (χ2n) is 9.73. The summed E-state index contributed by atoms with van der Waals surface area (Å²) in [5.74, 6) is -0.676. The molecule has 0 aliphatic heterocycles. The van der Waals surface area contributed by atoms with E-state index in [0.29, 0.717) is 17.1 Å². The number of hydrogen-bond donors (Lipinski definition) is 2. The van der Waals surface area contributed by atoms with E-state index in [-0.39, 0.29) is 54.9 Å². The van der Waals surface area contributed by atoms with Crippen molar-refractivity contribution in [3.05, 3.63) is 55.4 Å². The molecule has 1 heterocycles. The van der Waals surface area contributed by atoms with Crippen molar-refractivity contribution in [2.75, 3.05) is 23.7 Å². The van der Waals surface area contributed by atoms with Crippen LogP contribution < -0.4 is 21.9 Å². The molecule has 3 N–H and O–H groups in total. The molecule has 0 spiro atoms. The maximum atomic E-state index is 14.4. The Hall–Kier alpha value is -2.65. The van der Waals surface area contributed by atoms with Gasteiger partial charge in [0.2, 0.25) is 5.91 Å². The van der Waals surface area contributed by atoms with Crippen LogP contribution >= 0.6 is 11.6 Å². The molecule has 3 rings (SSSR count). The highest BCUT2D eigenvalue weighted by atomic mass is 35.5. The van der Waals surface area contributed by atoms with Gasteiger partial charge < -0.3 is 10.6 Å². The first-order valence-electron chi connectivity index (χ1n) is 11.6. The van der Waals surface area contributed by atoms with Gasteiger partial charge in [-0.05, 0) is 36.8 Å². The van der Waals surface area contributed by atoms with Crippen LogP contribution in [0.15, 0.2) is 27.8 Å². The Kier molecular flexibility index (Phi) is 8.20. The lowest BCUT2D eigenvalue weighted by atomic mass is 10.1. The predicted octanol–water partition coefficient (Wildman–Crippen LogP) is 3.22. The summed E-state index contributed by atoms with van der Waals surface area (Å²) < 4.78 is 15.7. The summed E-state index contributed by atoms with van der Waals surface area (Å²) >= 11 is 6.22. The lowest BCUT2D eigenvalue weighted by Gasteiger charge is -2.29. The number of nitrogen functional groups attached to an aromatic ring is 1. The van der Waals surface area contributed by atoms with Gasteiger partial charge in [-0.3, -0.25) is 24.0 Å². The summed E-state index contributed by atoms with van der Waals surface area (Å²) in [6.45, 7) is 8.38. The number of nitrogens with one attached hydrogen (secondary N) is 1. The molecule has 1 aromatic heterocycles. The number of nitrogens with zero attached hydrogens (tertiary/aromatic N) is 3. The average molecular weight is 494 g/mol.